The Morgan fingerprint density at radius 1 is 0.758 bits per heavy atom. The summed E-state index contributed by atoms with van der Waals surface area (Å²) in [5.74, 6) is 1.39. The van der Waals surface area contributed by atoms with Crippen molar-refractivity contribution in [2.24, 2.45) is 0 Å². The Bertz CT molecular complexity index is 1460. The molecule has 0 spiro atoms. The molecule has 33 heavy (non-hydrogen) atoms. The lowest BCUT2D eigenvalue weighted by atomic mass is 10.0. The first-order valence-electron chi connectivity index (χ1n) is 10.6. The number of fused-ring (bicyclic) bond motifs is 1. The molecule has 0 saturated heterocycles. The van der Waals surface area contributed by atoms with Gasteiger partial charge in [0.15, 0.2) is 11.6 Å². The van der Waals surface area contributed by atoms with E-state index in [0.717, 1.165) is 44.7 Å². The van der Waals surface area contributed by atoms with Gasteiger partial charge in [-0.05, 0) is 30.7 Å². The van der Waals surface area contributed by atoms with E-state index in [9.17, 15) is 4.79 Å². The van der Waals surface area contributed by atoms with Crippen molar-refractivity contribution in [3.8, 4) is 39.5 Å². The molecular weight excluding hydrogens is 410 g/mol. The van der Waals surface area contributed by atoms with Crippen molar-refractivity contribution in [2.75, 3.05) is 7.11 Å². The minimum atomic E-state index is 0.0429. The summed E-state index contributed by atoms with van der Waals surface area (Å²) in [5.41, 5.74) is 6.67. The van der Waals surface area contributed by atoms with Crippen molar-refractivity contribution in [1.29, 1.82) is 0 Å². The molecular formula is C28H21N3O2. The van der Waals surface area contributed by atoms with Crippen molar-refractivity contribution in [2.45, 2.75) is 6.92 Å². The Kier molecular flexibility index (Phi) is 5.37. The van der Waals surface area contributed by atoms with Crippen LogP contribution in [-0.2, 0) is 0 Å². The molecule has 0 unspecified atom stereocenters. The fourth-order valence-electron chi connectivity index (χ4n) is 3.76. The van der Waals surface area contributed by atoms with Crippen LogP contribution < -0.4 is 4.74 Å². The molecule has 160 valence electrons. The van der Waals surface area contributed by atoms with Crippen LogP contribution in [0.1, 0.15) is 17.3 Å². The van der Waals surface area contributed by atoms with E-state index in [1.165, 1.54) is 0 Å². The van der Waals surface area contributed by atoms with Crippen LogP contribution in [-0.4, -0.2) is 27.8 Å². The van der Waals surface area contributed by atoms with E-state index >= 15 is 0 Å². The van der Waals surface area contributed by atoms with E-state index in [-0.39, 0.29) is 5.78 Å². The number of carbonyl (C=O) groups is 1. The number of Topliss-reactive ketones (excluding diaryl/α,β-unsaturated/α-hetero) is 1. The van der Waals surface area contributed by atoms with E-state index < -0.39 is 0 Å². The summed E-state index contributed by atoms with van der Waals surface area (Å²) in [6, 6.07) is 27.3. The topological polar surface area (TPSA) is 65.0 Å². The van der Waals surface area contributed by atoms with Crippen molar-refractivity contribution in [3.63, 3.8) is 0 Å². The summed E-state index contributed by atoms with van der Waals surface area (Å²) in [5, 5.41) is 0. The summed E-state index contributed by atoms with van der Waals surface area (Å²) >= 11 is 0. The lowest BCUT2D eigenvalue weighted by Gasteiger charge is -2.11. The lowest BCUT2D eigenvalue weighted by Crippen LogP contribution is -1.98. The number of aromatic nitrogens is 3. The minimum Gasteiger partial charge on any atom is -0.497 e. The average molecular weight is 431 g/mol. The van der Waals surface area contributed by atoms with Crippen molar-refractivity contribution in [1.82, 2.24) is 15.0 Å². The zero-order chi connectivity index (χ0) is 22.8. The molecule has 5 aromatic rings. The Labute approximate surface area is 191 Å². The van der Waals surface area contributed by atoms with Crippen LogP contribution in [0, 0.1) is 0 Å². The third kappa shape index (κ3) is 4.08. The van der Waals surface area contributed by atoms with Gasteiger partial charge in [0.05, 0.1) is 12.6 Å². The van der Waals surface area contributed by atoms with Crippen LogP contribution in [0.2, 0.25) is 0 Å². The van der Waals surface area contributed by atoms with E-state index in [1.807, 2.05) is 91.1 Å². The zero-order valence-electron chi connectivity index (χ0n) is 18.3. The molecule has 0 radical (unpaired) electrons. The van der Waals surface area contributed by atoms with Crippen LogP contribution in [0.3, 0.4) is 0 Å². The first kappa shape index (κ1) is 20.5. The molecule has 5 heteroatoms. The number of pyridine rings is 1. The largest absolute Gasteiger partial charge is 0.497 e. The fraction of sp³-hybridized carbons (Fsp3) is 0.0714. The third-order valence-electron chi connectivity index (χ3n) is 5.54. The number of ketones is 1. The SMILES string of the molecule is COc1cccc(-c2nc(-c3ccccc3)c3ncc(-c4ccc(C(C)=O)cc4)cc3n2)c1. The normalized spacial score (nSPS) is 10.8. The Balaban J connectivity index is 1.70. The Morgan fingerprint density at radius 2 is 1.52 bits per heavy atom. The number of rotatable bonds is 5. The van der Waals surface area contributed by atoms with Gasteiger partial charge in [0.2, 0.25) is 0 Å². The zero-order valence-corrected chi connectivity index (χ0v) is 18.3. The molecule has 5 nitrogen and oxygen atoms in total. The van der Waals surface area contributed by atoms with Gasteiger partial charge >= 0.3 is 0 Å². The van der Waals surface area contributed by atoms with Gasteiger partial charge in [-0.2, -0.15) is 0 Å². The maximum atomic E-state index is 11.6. The highest BCUT2D eigenvalue weighted by atomic mass is 16.5. The second kappa shape index (κ2) is 8.63. The van der Waals surface area contributed by atoms with Crippen LogP contribution in [0.25, 0.3) is 44.8 Å². The molecule has 0 aliphatic heterocycles. The summed E-state index contributed by atoms with van der Waals surface area (Å²) < 4.78 is 5.39. The van der Waals surface area contributed by atoms with Crippen LogP contribution in [0.5, 0.6) is 5.75 Å². The summed E-state index contributed by atoms with van der Waals surface area (Å²) in [4.78, 5) is 26.1. The first-order valence-corrected chi connectivity index (χ1v) is 10.6. The maximum absolute atomic E-state index is 11.6. The molecule has 0 amide bonds. The average Bonchev–Trinajstić information content (AvgIpc) is 2.88. The number of ether oxygens (including phenoxy) is 1. The van der Waals surface area contributed by atoms with Crippen molar-refractivity contribution in [3.05, 3.63) is 96.7 Å². The van der Waals surface area contributed by atoms with E-state index in [0.29, 0.717) is 11.4 Å². The number of carbonyl (C=O) groups excluding carboxylic acids is 1. The molecule has 0 saturated carbocycles. The van der Waals surface area contributed by atoms with E-state index in [4.69, 9.17) is 19.7 Å². The van der Waals surface area contributed by atoms with Gasteiger partial charge in [-0.25, -0.2) is 9.97 Å². The van der Waals surface area contributed by atoms with Crippen LogP contribution in [0.4, 0.5) is 0 Å². The predicted octanol–water partition coefficient (Wildman–Crippen LogP) is 6.24. The molecule has 0 bridgehead atoms. The molecule has 2 heterocycles. The molecule has 0 N–H and O–H groups in total. The van der Waals surface area contributed by atoms with Crippen molar-refractivity contribution >= 4 is 16.8 Å². The molecule has 0 fully saturated rings. The van der Waals surface area contributed by atoms with Crippen LogP contribution in [0.15, 0.2) is 91.1 Å². The van der Waals surface area contributed by atoms with Gasteiger partial charge < -0.3 is 4.74 Å². The molecule has 0 aliphatic carbocycles. The number of nitrogens with zero attached hydrogens (tertiary/aromatic N) is 3. The van der Waals surface area contributed by atoms with Gasteiger partial charge in [0.25, 0.3) is 0 Å². The molecule has 0 atom stereocenters. The molecule has 3 aromatic carbocycles. The van der Waals surface area contributed by atoms with Gasteiger partial charge in [0, 0.05) is 28.5 Å². The second-order valence-corrected chi connectivity index (χ2v) is 7.72. The Hall–Kier alpha value is -4.38. The summed E-state index contributed by atoms with van der Waals surface area (Å²) in [7, 11) is 1.64. The fourth-order valence-corrected chi connectivity index (χ4v) is 3.76. The highest BCUT2D eigenvalue weighted by Crippen LogP contribution is 2.31. The minimum absolute atomic E-state index is 0.0429. The van der Waals surface area contributed by atoms with Gasteiger partial charge in [-0.15, -0.1) is 0 Å². The lowest BCUT2D eigenvalue weighted by molar-refractivity contribution is 0.101. The summed E-state index contributed by atoms with van der Waals surface area (Å²) in [6.07, 6.45) is 1.83. The highest BCUT2D eigenvalue weighted by Gasteiger charge is 2.14. The van der Waals surface area contributed by atoms with E-state index in [2.05, 4.69) is 0 Å². The number of hydrogen-bond donors (Lipinski definition) is 0. The summed E-state index contributed by atoms with van der Waals surface area (Å²) in [6.45, 7) is 1.56. The van der Waals surface area contributed by atoms with Crippen molar-refractivity contribution < 1.29 is 9.53 Å². The van der Waals surface area contributed by atoms with Gasteiger partial charge in [0.1, 0.15) is 17.0 Å². The predicted molar refractivity (Wildman–Crippen MR) is 130 cm³/mol. The second-order valence-electron chi connectivity index (χ2n) is 7.72. The number of benzene rings is 3. The first-order chi connectivity index (χ1) is 16.1. The molecule has 0 aliphatic rings. The number of methoxy groups -OCH3 is 1. The maximum Gasteiger partial charge on any atom is 0.160 e. The van der Waals surface area contributed by atoms with E-state index in [1.54, 1.807) is 14.0 Å². The molecule has 5 rings (SSSR count). The third-order valence-corrected chi connectivity index (χ3v) is 5.54. The highest BCUT2D eigenvalue weighted by molar-refractivity contribution is 5.95. The Morgan fingerprint density at radius 3 is 2.24 bits per heavy atom. The van der Waals surface area contributed by atoms with Crippen LogP contribution >= 0.6 is 0 Å². The number of hydrogen-bond acceptors (Lipinski definition) is 5. The monoisotopic (exact) mass is 431 g/mol. The van der Waals surface area contributed by atoms with Gasteiger partial charge in [-0.1, -0.05) is 66.7 Å². The molecule has 2 aromatic heterocycles. The smallest absolute Gasteiger partial charge is 0.160 e. The standard InChI is InChI=1S/C28H21N3O2/c1-18(32)19-11-13-20(14-12-19)23-16-25-27(29-17-23)26(21-7-4-3-5-8-21)31-28(30-25)22-9-6-10-24(15-22)33-2/h3-17H,1-2H3. The quantitative estimate of drug-likeness (QED) is 0.308. The van der Waals surface area contributed by atoms with Gasteiger partial charge in [-0.3, -0.25) is 9.78 Å².